The second-order valence-electron chi connectivity index (χ2n) is 4.59. The van der Waals surface area contributed by atoms with Gasteiger partial charge in [-0.2, -0.15) is 13.2 Å². The monoisotopic (exact) mass is 353 g/mol. The highest BCUT2D eigenvalue weighted by Crippen LogP contribution is 2.20. The molecule has 1 rings (SSSR count). The van der Waals surface area contributed by atoms with Crippen molar-refractivity contribution < 1.29 is 23.1 Å². The summed E-state index contributed by atoms with van der Waals surface area (Å²) in [4.78, 5) is 11.6. The molecule has 1 aromatic rings. The van der Waals surface area contributed by atoms with Crippen LogP contribution in [0, 0.1) is 0 Å². The third-order valence-electron chi connectivity index (χ3n) is 2.79. The Morgan fingerprint density at radius 3 is 2.35 bits per heavy atom. The van der Waals surface area contributed by atoms with E-state index in [1.807, 2.05) is 0 Å². The van der Waals surface area contributed by atoms with E-state index in [9.17, 15) is 18.0 Å². The van der Waals surface area contributed by atoms with E-state index in [-0.39, 0.29) is 0 Å². The van der Waals surface area contributed by atoms with E-state index < -0.39 is 31.3 Å². The first-order chi connectivity index (χ1) is 9.17. The van der Waals surface area contributed by atoms with E-state index in [0.29, 0.717) is 6.42 Å². The smallest absolute Gasteiger partial charge is 0.401 e. The quantitative estimate of drug-likeness (QED) is 0.852. The van der Waals surface area contributed by atoms with Crippen LogP contribution in [0.1, 0.15) is 12.5 Å². The Kier molecular flexibility index (Phi) is 6.01. The molecule has 3 nitrogen and oxygen atoms in total. The SMILES string of the molecule is CC(Cc1ccc(Br)cc1)N(CC(=O)O)CC(F)(F)F. The van der Waals surface area contributed by atoms with Gasteiger partial charge in [-0.25, -0.2) is 0 Å². The molecule has 0 bridgehead atoms. The zero-order valence-corrected chi connectivity index (χ0v) is 12.4. The number of carboxylic acid groups (broad SMARTS) is 1. The molecule has 1 unspecified atom stereocenters. The topological polar surface area (TPSA) is 40.5 Å². The van der Waals surface area contributed by atoms with Crippen molar-refractivity contribution in [1.29, 1.82) is 0 Å². The molecule has 1 N–H and O–H groups in total. The largest absolute Gasteiger partial charge is 0.480 e. The Bertz CT molecular complexity index is 448. The summed E-state index contributed by atoms with van der Waals surface area (Å²) in [5.74, 6) is -1.27. The van der Waals surface area contributed by atoms with Crippen LogP contribution in [0.25, 0.3) is 0 Å². The molecule has 0 saturated carbocycles. The van der Waals surface area contributed by atoms with Gasteiger partial charge in [0.2, 0.25) is 0 Å². The van der Waals surface area contributed by atoms with E-state index in [0.717, 1.165) is 14.9 Å². The van der Waals surface area contributed by atoms with Crippen molar-refractivity contribution in [1.82, 2.24) is 4.90 Å². The number of alkyl halides is 3. The van der Waals surface area contributed by atoms with Crippen molar-refractivity contribution >= 4 is 21.9 Å². The van der Waals surface area contributed by atoms with Crippen molar-refractivity contribution in [3.05, 3.63) is 34.3 Å². The summed E-state index contributed by atoms with van der Waals surface area (Å²) in [5.41, 5.74) is 0.860. The molecule has 20 heavy (non-hydrogen) atoms. The van der Waals surface area contributed by atoms with Crippen molar-refractivity contribution in [3.63, 3.8) is 0 Å². The first-order valence-corrected chi connectivity index (χ1v) is 6.73. The summed E-state index contributed by atoms with van der Waals surface area (Å²) in [7, 11) is 0. The van der Waals surface area contributed by atoms with Gasteiger partial charge in [0.1, 0.15) is 0 Å². The number of nitrogens with zero attached hydrogens (tertiary/aromatic N) is 1. The third-order valence-corrected chi connectivity index (χ3v) is 3.32. The fourth-order valence-electron chi connectivity index (χ4n) is 1.86. The standard InChI is InChI=1S/C13H15BrF3NO2/c1-9(6-10-2-4-11(14)5-3-10)18(7-12(19)20)8-13(15,16)17/h2-5,9H,6-8H2,1H3,(H,19,20). The van der Waals surface area contributed by atoms with Crippen LogP contribution >= 0.6 is 15.9 Å². The number of halogens is 4. The maximum absolute atomic E-state index is 12.5. The highest BCUT2D eigenvalue weighted by atomic mass is 79.9. The highest BCUT2D eigenvalue weighted by Gasteiger charge is 2.33. The maximum Gasteiger partial charge on any atom is 0.401 e. The molecule has 7 heteroatoms. The zero-order chi connectivity index (χ0) is 15.3. The Morgan fingerprint density at radius 2 is 1.90 bits per heavy atom. The first-order valence-electron chi connectivity index (χ1n) is 5.94. The molecule has 112 valence electrons. The maximum atomic E-state index is 12.5. The molecule has 1 aromatic carbocycles. The molecule has 0 fully saturated rings. The molecular formula is C13H15BrF3NO2. The number of benzene rings is 1. The lowest BCUT2D eigenvalue weighted by molar-refractivity contribution is -0.157. The molecule has 0 aromatic heterocycles. The van der Waals surface area contributed by atoms with E-state index in [4.69, 9.17) is 5.11 Å². The molecule has 0 amide bonds. The molecule has 0 aliphatic heterocycles. The van der Waals surface area contributed by atoms with Gasteiger partial charge in [0.05, 0.1) is 13.1 Å². The van der Waals surface area contributed by atoms with E-state index in [1.165, 1.54) is 0 Å². The Labute approximate surface area is 123 Å². The first kappa shape index (κ1) is 17.0. The summed E-state index contributed by atoms with van der Waals surface area (Å²) in [6, 6.07) is 6.68. The Hall–Kier alpha value is -1.08. The van der Waals surface area contributed by atoms with Crippen molar-refractivity contribution in [2.75, 3.05) is 13.1 Å². The zero-order valence-electron chi connectivity index (χ0n) is 10.8. The van der Waals surface area contributed by atoms with E-state index >= 15 is 0 Å². The lowest BCUT2D eigenvalue weighted by Gasteiger charge is -2.28. The summed E-state index contributed by atoms with van der Waals surface area (Å²) in [5, 5.41) is 8.72. The van der Waals surface area contributed by atoms with Crippen LogP contribution in [0.2, 0.25) is 0 Å². The molecular weight excluding hydrogens is 339 g/mol. The number of aliphatic carboxylic acids is 1. The predicted octanol–water partition coefficient (Wildman–Crippen LogP) is 3.33. The van der Waals surface area contributed by atoms with Gasteiger partial charge in [0.15, 0.2) is 0 Å². The average Bonchev–Trinajstić information content (AvgIpc) is 2.29. The van der Waals surface area contributed by atoms with Gasteiger partial charge in [-0.3, -0.25) is 9.69 Å². The van der Waals surface area contributed by atoms with Crippen LogP contribution < -0.4 is 0 Å². The van der Waals surface area contributed by atoms with Gasteiger partial charge in [-0.05, 0) is 31.0 Å². The highest BCUT2D eigenvalue weighted by molar-refractivity contribution is 9.10. The summed E-state index contributed by atoms with van der Waals surface area (Å²) < 4.78 is 38.3. The van der Waals surface area contributed by atoms with Crippen LogP contribution in [0.5, 0.6) is 0 Å². The number of carbonyl (C=O) groups is 1. The minimum absolute atomic E-state index is 0.358. The summed E-state index contributed by atoms with van der Waals surface area (Å²) in [6.45, 7) is -0.259. The second kappa shape index (κ2) is 7.08. The molecule has 1 atom stereocenters. The van der Waals surface area contributed by atoms with Crippen molar-refractivity contribution in [2.45, 2.75) is 25.6 Å². The third kappa shape index (κ3) is 6.38. The fourth-order valence-corrected chi connectivity index (χ4v) is 2.13. The van der Waals surface area contributed by atoms with Gasteiger partial charge < -0.3 is 5.11 Å². The number of hydrogen-bond donors (Lipinski definition) is 1. The molecule has 0 spiro atoms. The predicted molar refractivity (Wildman–Crippen MR) is 72.6 cm³/mol. The minimum Gasteiger partial charge on any atom is -0.480 e. The molecule has 0 heterocycles. The summed E-state index contributed by atoms with van der Waals surface area (Å²) in [6.07, 6.45) is -4.06. The van der Waals surface area contributed by atoms with Gasteiger partial charge in [-0.1, -0.05) is 28.1 Å². The molecule has 0 aliphatic carbocycles. The normalized spacial score (nSPS) is 13.5. The lowest BCUT2D eigenvalue weighted by Crippen LogP contribution is -2.44. The van der Waals surface area contributed by atoms with Crippen LogP contribution in [-0.2, 0) is 11.2 Å². The number of hydrogen-bond acceptors (Lipinski definition) is 2. The van der Waals surface area contributed by atoms with Crippen LogP contribution in [0.4, 0.5) is 13.2 Å². The Balaban J connectivity index is 2.73. The minimum atomic E-state index is -4.41. The number of carboxylic acids is 1. The van der Waals surface area contributed by atoms with Crippen LogP contribution in [-0.4, -0.2) is 41.3 Å². The van der Waals surface area contributed by atoms with Crippen molar-refractivity contribution in [3.8, 4) is 0 Å². The van der Waals surface area contributed by atoms with E-state index in [2.05, 4.69) is 15.9 Å². The van der Waals surface area contributed by atoms with Crippen LogP contribution in [0.3, 0.4) is 0 Å². The average molecular weight is 354 g/mol. The number of rotatable bonds is 6. The molecule has 0 radical (unpaired) electrons. The fraction of sp³-hybridized carbons (Fsp3) is 0.462. The molecule has 0 saturated heterocycles. The van der Waals surface area contributed by atoms with Gasteiger partial charge >= 0.3 is 12.1 Å². The summed E-state index contributed by atoms with van der Waals surface area (Å²) >= 11 is 3.28. The molecule has 0 aliphatic rings. The second-order valence-corrected chi connectivity index (χ2v) is 5.51. The van der Waals surface area contributed by atoms with Gasteiger partial charge in [0.25, 0.3) is 0 Å². The van der Waals surface area contributed by atoms with Gasteiger partial charge in [-0.15, -0.1) is 0 Å². The van der Waals surface area contributed by atoms with Crippen molar-refractivity contribution in [2.24, 2.45) is 0 Å². The lowest BCUT2D eigenvalue weighted by atomic mass is 10.1. The van der Waals surface area contributed by atoms with Gasteiger partial charge in [0, 0.05) is 10.5 Å². The Morgan fingerprint density at radius 1 is 1.35 bits per heavy atom. The van der Waals surface area contributed by atoms with E-state index in [1.54, 1.807) is 31.2 Å². The van der Waals surface area contributed by atoms with Crippen LogP contribution in [0.15, 0.2) is 28.7 Å².